The van der Waals surface area contributed by atoms with Gasteiger partial charge in [0.15, 0.2) is 0 Å². The SMILES string of the molecule is Cl.Cl.N[C@H]1C(CC2CC2)C[C@@]2(O)[C@@H]3Cc4cccc5c4[C@@]2(CCN3)[C@H]1O5. The van der Waals surface area contributed by atoms with Crippen molar-refractivity contribution in [3.05, 3.63) is 29.3 Å². The Morgan fingerprint density at radius 2 is 2.08 bits per heavy atom. The molecule has 1 aromatic carbocycles. The number of aliphatic hydroxyl groups is 1. The number of halogens is 2. The molecular weight excluding hydrogens is 371 g/mol. The molecule has 1 spiro atoms. The lowest BCUT2D eigenvalue weighted by atomic mass is 9.47. The zero-order chi connectivity index (χ0) is 16.1. The molecule has 0 amide bonds. The summed E-state index contributed by atoms with van der Waals surface area (Å²) in [5.41, 5.74) is 8.41. The molecule has 6 heteroatoms. The molecule has 2 heterocycles. The van der Waals surface area contributed by atoms with E-state index in [9.17, 15) is 5.11 Å². The minimum atomic E-state index is -0.717. The first-order chi connectivity index (χ1) is 11.6. The van der Waals surface area contributed by atoms with Gasteiger partial charge in [0.1, 0.15) is 11.9 Å². The van der Waals surface area contributed by atoms with E-state index in [1.165, 1.54) is 24.0 Å². The number of ether oxygens (including phenoxy) is 1. The summed E-state index contributed by atoms with van der Waals surface area (Å²) in [6.45, 7) is 0.945. The van der Waals surface area contributed by atoms with Gasteiger partial charge in [0.2, 0.25) is 0 Å². The van der Waals surface area contributed by atoms with Gasteiger partial charge in [-0.2, -0.15) is 0 Å². The Morgan fingerprint density at radius 3 is 2.85 bits per heavy atom. The van der Waals surface area contributed by atoms with Crippen LogP contribution in [0.15, 0.2) is 18.2 Å². The molecule has 1 saturated heterocycles. The Labute approximate surface area is 167 Å². The highest BCUT2D eigenvalue weighted by molar-refractivity contribution is 5.85. The topological polar surface area (TPSA) is 67.5 Å². The lowest BCUT2D eigenvalue weighted by Gasteiger charge is -2.63. The number of hydrogen-bond acceptors (Lipinski definition) is 4. The zero-order valence-corrected chi connectivity index (χ0v) is 16.5. The molecule has 5 aliphatic rings. The van der Waals surface area contributed by atoms with Gasteiger partial charge in [-0.1, -0.05) is 25.0 Å². The fraction of sp³-hybridized carbons (Fsp3) is 0.700. The molecule has 26 heavy (non-hydrogen) atoms. The summed E-state index contributed by atoms with van der Waals surface area (Å²) in [5.74, 6) is 2.19. The maximum Gasteiger partial charge on any atom is 0.127 e. The number of rotatable bonds is 2. The highest BCUT2D eigenvalue weighted by Gasteiger charge is 2.72. The molecule has 1 unspecified atom stereocenters. The Balaban J connectivity index is 0.000000841. The van der Waals surface area contributed by atoms with E-state index < -0.39 is 5.60 Å². The van der Waals surface area contributed by atoms with Gasteiger partial charge in [-0.05, 0) is 55.7 Å². The number of nitrogens with two attached hydrogens (primary N) is 1. The third kappa shape index (κ3) is 2.08. The number of piperidine rings is 1. The predicted octanol–water partition coefficient (Wildman–Crippen LogP) is 2.33. The summed E-state index contributed by atoms with van der Waals surface area (Å²) in [4.78, 5) is 0. The third-order valence-corrected chi connectivity index (χ3v) is 7.78. The average Bonchev–Trinajstić information content (AvgIpc) is 3.29. The molecular formula is C20H28Cl2N2O2. The first kappa shape index (κ1) is 18.8. The second kappa shape index (κ2) is 5.99. The fourth-order valence-corrected chi connectivity index (χ4v) is 6.60. The van der Waals surface area contributed by atoms with E-state index in [-0.39, 0.29) is 48.4 Å². The highest BCUT2D eigenvalue weighted by Crippen LogP contribution is 2.63. The predicted molar refractivity (Wildman–Crippen MR) is 106 cm³/mol. The number of nitrogens with one attached hydrogen (secondary N) is 1. The molecule has 3 fully saturated rings. The lowest BCUT2D eigenvalue weighted by Crippen LogP contribution is -2.79. The van der Waals surface area contributed by atoms with Crippen LogP contribution in [-0.2, 0) is 11.8 Å². The number of hydrogen-bond donors (Lipinski definition) is 3. The second-order valence-corrected chi connectivity index (χ2v) is 8.91. The van der Waals surface area contributed by atoms with Crippen molar-refractivity contribution in [1.82, 2.24) is 5.32 Å². The van der Waals surface area contributed by atoms with Gasteiger partial charge in [0, 0.05) is 17.6 Å². The van der Waals surface area contributed by atoms with Crippen LogP contribution >= 0.6 is 24.8 Å². The highest BCUT2D eigenvalue weighted by atomic mass is 35.5. The van der Waals surface area contributed by atoms with E-state index in [2.05, 4.69) is 23.5 Å². The molecule has 4 nitrogen and oxygen atoms in total. The first-order valence-corrected chi connectivity index (χ1v) is 9.64. The second-order valence-electron chi connectivity index (χ2n) is 8.91. The van der Waals surface area contributed by atoms with Crippen LogP contribution in [0.5, 0.6) is 5.75 Å². The van der Waals surface area contributed by atoms with Crippen molar-refractivity contribution in [2.24, 2.45) is 17.6 Å². The van der Waals surface area contributed by atoms with Crippen LogP contribution in [0.2, 0.25) is 0 Å². The van der Waals surface area contributed by atoms with Gasteiger partial charge in [-0.25, -0.2) is 0 Å². The van der Waals surface area contributed by atoms with E-state index in [0.29, 0.717) is 5.92 Å². The first-order valence-electron chi connectivity index (χ1n) is 9.64. The van der Waals surface area contributed by atoms with Crippen molar-refractivity contribution in [2.45, 2.75) is 67.7 Å². The molecule has 0 radical (unpaired) electrons. The molecule has 6 rings (SSSR count). The molecule has 2 bridgehead atoms. The van der Waals surface area contributed by atoms with Crippen LogP contribution in [0.3, 0.4) is 0 Å². The zero-order valence-electron chi connectivity index (χ0n) is 14.8. The summed E-state index contributed by atoms with van der Waals surface area (Å²) in [6, 6.07) is 6.55. The van der Waals surface area contributed by atoms with Crippen LogP contribution in [0, 0.1) is 11.8 Å². The summed E-state index contributed by atoms with van der Waals surface area (Å²) in [5, 5.41) is 15.7. The molecule has 4 N–H and O–H groups in total. The summed E-state index contributed by atoms with van der Waals surface area (Å²) < 4.78 is 6.48. The van der Waals surface area contributed by atoms with Crippen molar-refractivity contribution >= 4 is 24.8 Å². The molecule has 3 aliphatic carbocycles. The third-order valence-electron chi connectivity index (χ3n) is 7.78. The van der Waals surface area contributed by atoms with Gasteiger partial charge in [0.25, 0.3) is 0 Å². The summed E-state index contributed by atoms with van der Waals surface area (Å²) >= 11 is 0. The normalized spacial score (nSPS) is 44.2. The van der Waals surface area contributed by atoms with E-state index in [0.717, 1.165) is 43.9 Å². The summed E-state index contributed by atoms with van der Waals surface area (Å²) in [6.07, 6.45) is 6.43. The lowest BCUT2D eigenvalue weighted by molar-refractivity contribution is -0.170. The smallest absolute Gasteiger partial charge is 0.127 e. The minimum Gasteiger partial charge on any atom is -0.487 e. The van der Waals surface area contributed by atoms with Crippen LogP contribution < -0.4 is 15.8 Å². The van der Waals surface area contributed by atoms with E-state index in [1.807, 2.05) is 0 Å². The molecule has 6 atom stereocenters. The van der Waals surface area contributed by atoms with Crippen LogP contribution in [0.25, 0.3) is 0 Å². The van der Waals surface area contributed by atoms with E-state index in [4.69, 9.17) is 10.5 Å². The van der Waals surface area contributed by atoms with Gasteiger partial charge in [0.05, 0.1) is 11.0 Å². The van der Waals surface area contributed by atoms with Crippen LogP contribution in [0.4, 0.5) is 0 Å². The Bertz CT molecular complexity index is 728. The average molecular weight is 399 g/mol. The van der Waals surface area contributed by atoms with Crippen molar-refractivity contribution in [1.29, 1.82) is 0 Å². The number of benzene rings is 1. The molecule has 2 saturated carbocycles. The monoisotopic (exact) mass is 398 g/mol. The minimum absolute atomic E-state index is 0. The molecule has 1 aromatic rings. The van der Waals surface area contributed by atoms with E-state index in [1.54, 1.807) is 0 Å². The Morgan fingerprint density at radius 1 is 1.27 bits per heavy atom. The van der Waals surface area contributed by atoms with Crippen molar-refractivity contribution in [2.75, 3.05) is 6.54 Å². The quantitative estimate of drug-likeness (QED) is 0.714. The largest absolute Gasteiger partial charge is 0.487 e. The Kier molecular flexibility index (Phi) is 4.33. The molecule has 144 valence electrons. The van der Waals surface area contributed by atoms with Gasteiger partial charge < -0.3 is 20.9 Å². The molecule has 2 aliphatic heterocycles. The van der Waals surface area contributed by atoms with Gasteiger partial charge >= 0.3 is 0 Å². The maximum atomic E-state index is 12.0. The standard InChI is InChI=1S/C20H26N2O2.2ClH/c21-17-13(8-11-4-5-11)10-20(23)15-9-12-2-1-3-14-16(12)19(20,6-7-22-15)18(17)24-14;;/h1-3,11,13,15,17-18,22-23H,4-10,21H2;2*1H/t13?,15-,17-,18-,19-,20+;;/m0../s1. The van der Waals surface area contributed by atoms with Gasteiger partial charge in [-0.15, -0.1) is 24.8 Å². The Hall–Kier alpha value is -0.520. The summed E-state index contributed by atoms with van der Waals surface area (Å²) in [7, 11) is 0. The molecule has 0 aromatic heterocycles. The van der Waals surface area contributed by atoms with E-state index >= 15 is 0 Å². The van der Waals surface area contributed by atoms with Gasteiger partial charge in [-0.3, -0.25) is 0 Å². The maximum absolute atomic E-state index is 12.0. The van der Waals surface area contributed by atoms with Crippen molar-refractivity contribution in [3.63, 3.8) is 0 Å². The fourth-order valence-electron chi connectivity index (χ4n) is 6.60. The van der Waals surface area contributed by atoms with Crippen LogP contribution in [-0.4, -0.2) is 35.4 Å². The van der Waals surface area contributed by atoms with Crippen LogP contribution in [0.1, 0.15) is 43.2 Å². The van der Waals surface area contributed by atoms with Crippen molar-refractivity contribution in [3.8, 4) is 5.75 Å². The van der Waals surface area contributed by atoms with Crippen molar-refractivity contribution < 1.29 is 9.84 Å².